The highest BCUT2D eigenvalue weighted by Crippen LogP contribution is 2.33. The SMILES string of the molecule is C=CCc1cc(C=Nc2ccc([N+](=O)[O-])cc2)cc(OC)c1OCC. The van der Waals surface area contributed by atoms with E-state index in [-0.39, 0.29) is 5.69 Å². The van der Waals surface area contributed by atoms with Gasteiger partial charge in [0.2, 0.25) is 0 Å². The summed E-state index contributed by atoms with van der Waals surface area (Å²) in [5.41, 5.74) is 2.47. The van der Waals surface area contributed by atoms with Crippen LogP contribution in [0.3, 0.4) is 0 Å². The van der Waals surface area contributed by atoms with Crippen LogP contribution >= 0.6 is 0 Å². The number of non-ortho nitro benzene ring substituents is 1. The normalized spacial score (nSPS) is 10.6. The molecule has 0 saturated carbocycles. The van der Waals surface area contributed by atoms with Crippen LogP contribution < -0.4 is 9.47 Å². The lowest BCUT2D eigenvalue weighted by Gasteiger charge is -2.14. The predicted molar refractivity (Wildman–Crippen MR) is 98.4 cm³/mol. The van der Waals surface area contributed by atoms with E-state index >= 15 is 0 Å². The molecule has 0 aliphatic carbocycles. The summed E-state index contributed by atoms with van der Waals surface area (Å²) in [5.74, 6) is 1.34. The Morgan fingerprint density at radius 1 is 1.28 bits per heavy atom. The molecule has 130 valence electrons. The Morgan fingerprint density at radius 2 is 2.00 bits per heavy atom. The maximum Gasteiger partial charge on any atom is 0.269 e. The Kier molecular flexibility index (Phi) is 6.28. The molecule has 25 heavy (non-hydrogen) atoms. The first-order chi connectivity index (χ1) is 12.1. The average molecular weight is 340 g/mol. The summed E-state index contributed by atoms with van der Waals surface area (Å²) < 4.78 is 11.1. The first-order valence-corrected chi connectivity index (χ1v) is 7.82. The molecule has 0 aromatic heterocycles. The van der Waals surface area contributed by atoms with Crippen molar-refractivity contribution in [1.82, 2.24) is 0 Å². The van der Waals surface area contributed by atoms with Gasteiger partial charge < -0.3 is 9.47 Å². The molecule has 0 heterocycles. The molecule has 0 bridgehead atoms. The number of methoxy groups -OCH3 is 1. The van der Waals surface area contributed by atoms with Crippen LogP contribution in [0.4, 0.5) is 11.4 Å². The van der Waals surface area contributed by atoms with E-state index in [0.29, 0.717) is 30.2 Å². The number of ether oxygens (including phenoxy) is 2. The van der Waals surface area contributed by atoms with E-state index in [1.807, 2.05) is 19.1 Å². The summed E-state index contributed by atoms with van der Waals surface area (Å²) >= 11 is 0. The molecule has 0 fully saturated rings. The first kappa shape index (κ1) is 18.2. The summed E-state index contributed by atoms with van der Waals surface area (Å²) in [7, 11) is 1.59. The van der Waals surface area contributed by atoms with Gasteiger partial charge in [0.15, 0.2) is 11.5 Å². The van der Waals surface area contributed by atoms with E-state index in [1.165, 1.54) is 12.1 Å². The monoisotopic (exact) mass is 340 g/mol. The van der Waals surface area contributed by atoms with Gasteiger partial charge in [-0.2, -0.15) is 0 Å². The molecule has 2 aromatic rings. The molecule has 6 nitrogen and oxygen atoms in total. The highest BCUT2D eigenvalue weighted by Gasteiger charge is 2.11. The first-order valence-electron chi connectivity index (χ1n) is 7.82. The van der Waals surface area contributed by atoms with Gasteiger partial charge in [-0.25, -0.2) is 0 Å². The second-order valence-electron chi connectivity index (χ2n) is 5.17. The Morgan fingerprint density at radius 3 is 2.56 bits per heavy atom. The van der Waals surface area contributed by atoms with Crippen molar-refractivity contribution in [2.24, 2.45) is 4.99 Å². The van der Waals surface area contributed by atoms with Gasteiger partial charge >= 0.3 is 0 Å². The molecule has 0 aliphatic heterocycles. The van der Waals surface area contributed by atoms with Gasteiger partial charge in [-0.1, -0.05) is 6.08 Å². The van der Waals surface area contributed by atoms with Crippen LogP contribution in [-0.4, -0.2) is 24.9 Å². The molecular formula is C19H20N2O4. The Balaban J connectivity index is 2.33. The maximum absolute atomic E-state index is 10.7. The number of nitrogens with zero attached hydrogens (tertiary/aromatic N) is 2. The van der Waals surface area contributed by atoms with E-state index < -0.39 is 4.92 Å². The van der Waals surface area contributed by atoms with E-state index in [1.54, 1.807) is 31.5 Å². The summed E-state index contributed by atoms with van der Waals surface area (Å²) in [6, 6.07) is 9.86. The molecule has 0 unspecified atom stereocenters. The Labute approximate surface area is 146 Å². The number of nitro benzene ring substituents is 1. The van der Waals surface area contributed by atoms with Crippen molar-refractivity contribution in [2.45, 2.75) is 13.3 Å². The molecular weight excluding hydrogens is 320 g/mol. The van der Waals surface area contributed by atoms with Crippen LogP contribution in [0.5, 0.6) is 11.5 Å². The zero-order valence-electron chi connectivity index (χ0n) is 14.3. The summed E-state index contributed by atoms with van der Waals surface area (Å²) in [5, 5.41) is 10.7. The van der Waals surface area contributed by atoms with Gasteiger partial charge in [0.1, 0.15) is 0 Å². The number of allylic oxidation sites excluding steroid dienone is 1. The van der Waals surface area contributed by atoms with Crippen molar-refractivity contribution < 1.29 is 14.4 Å². The largest absolute Gasteiger partial charge is 0.493 e. The number of hydrogen-bond acceptors (Lipinski definition) is 5. The van der Waals surface area contributed by atoms with Crippen LogP contribution in [0.15, 0.2) is 54.0 Å². The maximum atomic E-state index is 10.7. The van der Waals surface area contributed by atoms with E-state index in [4.69, 9.17) is 9.47 Å². The molecule has 2 aromatic carbocycles. The van der Waals surface area contributed by atoms with Crippen molar-refractivity contribution in [3.63, 3.8) is 0 Å². The number of hydrogen-bond donors (Lipinski definition) is 0. The van der Waals surface area contributed by atoms with E-state index in [0.717, 1.165) is 11.1 Å². The van der Waals surface area contributed by atoms with Gasteiger partial charge in [-0.05, 0) is 43.2 Å². The average Bonchev–Trinajstić information content (AvgIpc) is 2.62. The molecule has 0 saturated heterocycles. The van der Waals surface area contributed by atoms with Crippen molar-refractivity contribution in [3.05, 3.63) is 70.3 Å². The quantitative estimate of drug-likeness (QED) is 0.307. The van der Waals surface area contributed by atoms with Gasteiger partial charge in [0, 0.05) is 23.9 Å². The summed E-state index contributed by atoms with van der Waals surface area (Å²) in [4.78, 5) is 14.6. The zero-order chi connectivity index (χ0) is 18.2. The molecule has 0 aliphatic rings. The fourth-order valence-corrected chi connectivity index (χ4v) is 2.33. The molecule has 6 heteroatoms. The Bertz CT molecular complexity index is 783. The minimum Gasteiger partial charge on any atom is -0.493 e. The lowest BCUT2D eigenvalue weighted by molar-refractivity contribution is -0.384. The van der Waals surface area contributed by atoms with Crippen LogP contribution in [0.25, 0.3) is 0 Å². The molecule has 0 atom stereocenters. The molecule has 0 N–H and O–H groups in total. The fourth-order valence-electron chi connectivity index (χ4n) is 2.33. The van der Waals surface area contributed by atoms with Gasteiger partial charge in [-0.15, -0.1) is 6.58 Å². The minimum atomic E-state index is -0.438. The van der Waals surface area contributed by atoms with Crippen molar-refractivity contribution in [3.8, 4) is 11.5 Å². The van der Waals surface area contributed by atoms with Gasteiger partial charge in [0.05, 0.1) is 24.3 Å². The van der Waals surface area contributed by atoms with Gasteiger partial charge in [0.25, 0.3) is 5.69 Å². The number of benzene rings is 2. The summed E-state index contributed by atoms with van der Waals surface area (Å²) in [6.45, 7) is 6.23. The lowest BCUT2D eigenvalue weighted by atomic mass is 10.1. The topological polar surface area (TPSA) is 74.0 Å². The zero-order valence-corrected chi connectivity index (χ0v) is 14.3. The molecule has 0 spiro atoms. The van der Waals surface area contributed by atoms with E-state index in [2.05, 4.69) is 11.6 Å². The fraction of sp³-hybridized carbons (Fsp3) is 0.211. The van der Waals surface area contributed by atoms with Gasteiger partial charge in [-0.3, -0.25) is 15.1 Å². The molecule has 0 radical (unpaired) electrons. The molecule has 0 amide bonds. The minimum absolute atomic E-state index is 0.0370. The third-order valence-corrected chi connectivity index (χ3v) is 3.45. The van der Waals surface area contributed by atoms with E-state index in [9.17, 15) is 10.1 Å². The third kappa shape index (κ3) is 4.67. The van der Waals surface area contributed by atoms with Crippen molar-refractivity contribution >= 4 is 17.6 Å². The second-order valence-corrected chi connectivity index (χ2v) is 5.17. The lowest BCUT2D eigenvalue weighted by Crippen LogP contribution is -2.01. The number of aliphatic imine (C=N–C) groups is 1. The van der Waals surface area contributed by atoms with Crippen LogP contribution in [0, 0.1) is 10.1 Å². The number of rotatable bonds is 8. The second kappa shape index (κ2) is 8.63. The number of nitro groups is 1. The third-order valence-electron chi connectivity index (χ3n) is 3.45. The van der Waals surface area contributed by atoms with Crippen LogP contribution in [0.1, 0.15) is 18.1 Å². The standard InChI is InChI=1S/C19H20N2O4/c1-4-6-15-11-14(12-18(24-3)19(15)25-5-2)13-20-16-7-9-17(10-8-16)21(22)23/h4,7-13H,1,5-6H2,2-3H3. The van der Waals surface area contributed by atoms with Crippen LogP contribution in [0.2, 0.25) is 0 Å². The summed E-state index contributed by atoms with van der Waals surface area (Å²) in [6.07, 6.45) is 4.13. The smallest absolute Gasteiger partial charge is 0.269 e. The molecule has 2 rings (SSSR count). The highest BCUT2D eigenvalue weighted by molar-refractivity contribution is 5.84. The highest BCUT2D eigenvalue weighted by atomic mass is 16.6. The van der Waals surface area contributed by atoms with Crippen molar-refractivity contribution in [1.29, 1.82) is 0 Å². The van der Waals surface area contributed by atoms with Crippen LogP contribution in [-0.2, 0) is 6.42 Å². The van der Waals surface area contributed by atoms with Crippen molar-refractivity contribution in [2.75, 3.05) is 13.7 Å². The predicted octanol–water partition coefficient (Wildman–Crippen LogP) is 4.48. The Hall–Kier alpha value is -3.15.